The van der Waals surface area contributed by atoms with Crippen molar-refractivity contribution in [3.8, 4) is 0 Å². The Morgan fingerprint density at radius 3 is 2.90 bits per heavy atom. The molecule has 1 aromatic rings. The number of primary amides is 1. The molecule has 0 bridgehead atoms. The number of nitrogens with two attached hydrogens (primary N) is 1. The normalized spacial score (nSPS) is 26.1. The number of carbonyl (C=O) groups excluding carboxylic acids is 1. The van der Waals surface area contributed by atoms with Crippen molar-refractivity contribution in [2.24, 2.45) is 5.73 Å². The highest BCUT2D eigenvalue weighted by Gasteiger charge is 2.35. The number of carbonyl (C=O) groups is 1. The van der Waals surface area contributed by atoms with Crippen LogP contribution >= 0.6 is 0 Å². The summed E-state index contributed by atoms with van der Waals surface area (Å²) in [4.78, 5) is 13.4. The molecule has 1 aromatic heterocycles. The van der Waals surface area contributed by atoms with Crippen molar-refractivity contribution in [1.82, 2.24) is 14.7 Å². The third-order valence-corrected chi connectivity index (χ3v) is 4.56. The highest BCUT2D eigenvalue weighted by molar-refractivity contribution is 5.92. The van der Waals surface area contributed by atoms with Crippen LogP contribution in [0.15, 0.2) is 12.4 Å². The summed E-state index contributed by atoms with van der Waals surface area (Å²) in [6, 6.07) is 0.271. The van der Waals surface area contributed by atoms with Gasteiger partial charge in [-0.15, -0.1) is 0 Å². The van der Waals surface area contributed by atoms with E-state index in [0.717, 1.165) is 51.7 Å². The number of hydrogen-bond donors (Lipinski definition) is 2. The summed E-state index contributed by atoms with van der Waals surface area (Å²) >= 11 is 0. The van der Waals surface area contributed by atoms with Crippen LogP contribution in [-0.4, -0.2) is 50.9 Å². The fraction of sp³-hybridized carbons (Fsp3) is 0.714. The van der Waals surface area contributed by atoms with Crippen LogP contribution in [0.5, 0.6) is 0 Å². The molecular weight excluding hydrogens is 256 g/mol. The minimum atomic E-state index is -0.489. The van der Waals surface area contributed by atoms with Gasteiger partial charge in [-0.2, -0.15) is 5.10 Å². The van der Waals surface area contributed by atoms with Gasteiger partial charge in [-0.1, -0.05) is 12.8 Å². The highest BCUT2D eigenvalue weighted by atomic mass is 16.3. The zero-order chi connectivity index (χ0) is 14.2. The molecule has 1 aliphatic carbocycles. The third-order valence-electron chi connectivity index (χ3n) is 4.56. The Kier molecular flexibility index (Phi) is 3.52. The van der Waals surface area contributed by atoms with E-state index >= 15 is 0 Å². The zero-order valence-corrected chi connectivity index (χ0v) is 11.7. The Hall–Kier alpha value is -1.40. The summed E-state index contributed by atoms with van der Waals surface area (Å²) in [5.74, 6) is -0.439. The summed E-state index contributed by atoms with van der Waals surface area (Å²) in [6.45, 7) is 2.61. The van der Waals surface area contributed by atoms with Crippen LogP contribution in [0.25, 0.3) is 0 Å². The van der Waals surface area contributed by atoms with Crippen LogP contribution in [0.3, 0.4) is 0 Å². The van der Waals surface area contributed by atoms with E-state index in [4.69, 9.17) is 5.73 Å². The Morgan fingerprint density at radius 2 is 2.25 bits per heavy atom. The zero-order valence-electron chi connectivity index (χ0n) is 11.7. The van der Waals surface area contributed by atoms with Gasteiger partial charge in [0.25, 0.3) is 5.91 Å². The first-order valence-corrected chi connectivity index (χ1v) is 7.34. The van der Waals surface area contributed by atoms with Crippen LogP contribution in [0.1, 0.15) is 48.5 Å². The van der Waals surface area contributed by atoms with Crippen LogP contribution in [0, 0.1) is 0 Å². The number of likely N-dealkylation sites (tertiary alicyclic amines) is 1. The molecule has 110 valence electrons. The van der Waals surface area contributed by atoms with Gasteiger partial charge in [0.1, 0.15) is 0 Å². The van der Waals surface area contributed by atoms with Gasteiger partial charge in [-0.25, -0.2) is 0 Å². The molecule has 3 rings (SSSR count). The molecule has 6 nitrogen and oxygen atoms in total. The molecule has 20 heavy (non-hydrogen) atoms. The van der Waals surface area contributed by atoms with Crippen LogP contribution in [-0.2, 0) is 0 Å². The molecule has 2 fully saturated rings. The van der Waals surface area contributed by atoms with Crippen LogP contribution < -0.4 is 5.73 Å². The van der Waals surface area contributed by atoms with Gasteiger partial charge in [0.2, 0.25) is 0 Å². The standard InChI is InChI=1S/C14H22N4O2/c15-13(19)11-7-16-18(8-11)12-3-6-17(9-12)10-14(20)4-1-2-5-14/h7-8,12,20H,1-6,9-10H2,(H2,15,19). The van der Waals surface area contributed by atoms with Gasteiger partial charge in [-0.05, 0) is 19.3 Å². The number of aromatic nitrogens is 2. The second-order valence-corrected chi connectivity index (χ2v) is 6.18. The van der Waals surface area contributed by atoms with Gasteiger partial charge in [0.05, 0.1) is 23.4 Å². The van der Waals surface area contributed by atoms with Gasteiger partial charge in [0, 0.05) is 25.8 Å². The number of β-amino-alcohol motifs (C(OH)–C–C–N with tert-alkyl or cyclic N) is 1. The van der Waals surface area contributed by atoms with Crippen LogP contribution in [0.2, 0.25) is 0 Å². The van der Waals surface area contributed by atoms with E-state index in [9.17, 15) is 9.90 Å². The lowest BCUT2D eigenvalue weighted by atomic mass is 10.0. The quantitative estimate of drug-likeness (QED) is 0.841. The predicted molar refractivity (Wildman–Crippen MR) is 74.3 cm³/mol. The van der Waals surface area contributed by atoms with E-state index in [0.29, 0.717) is 5.56 Å². The molecule has 1 saturated carbocycles. The second kappa shape index (κ2) is 5.18. The molecule has 2 heterocycles. The van der Waals surface area contributed by atoms with Gasteiger partial charge in [0.15, 0.2) is 0 Å². The van der Waals surface area contributed by atoms with Crippen molar-refractivity contribution in [3.63, 3.8) is 0 Å². The molecule has 0 aromatic carbocycles. The number of nitrogens with zero attached hydrogens (tertiary/aromatic N) is 3. The number of hydrogen-bond acceptors (Lipinski definition) is 4. The summed E-state index contributed by atoms with van der Waals surface area (Å²) in [6.07, 6.45) is 8.35. The molecule has 0 radical (unpaired) electrons. The van der Waals surface area contributed by atoms with E-state index < -0.39 is 11.5 Å². The fourth-order valence-electron chi connectivity index (χ4n) is 3.44. The van der Waals surface area contributed by atoms with Crippen molar-refractivity contribution in [3.05, 3.63) is 18.0 Å². The van der Waals surface area contributed by atoms with Crippen LogP contribution in [0.4, 0.5) is 0 Å². The summed E-state index contributed by atoms with van der Waals surface area (Å²) in [5, 5.41) is 14.7. The SMILES string of the molecule is NC(=O)c1cnn(C2CCN(CC3(O)CCCC3)C2)c1. The minimum Gasteiger partial charge on any atom is -0.389 e. The molecule has 1 atom stereocenters. The number of amides is 1. The smallest absolute Gasteiger partial charge is 0.251 e. The van der Waals surface area contributed by atoms with E-state index in [1.165, 1.54) is 6.20 Å². The Labute approximate surface area is 118 Å². The Bertz CT molecular complexity index is 493. The van der Waals surface area contributed by atoms with E-state index in [1.807, 2.05) is 4.68 Å². The lowest BCUT2D eigenvalue weighted by Crippen LogP contribution is -2.40. The topological polar surface area (TPSA) is 84.4 Å². The second-order valence-electron chi connectivity index (χ2n) is 6.18. The summed E-state index contributed by atoms with van der Waals surface area (Å²) < 4.78 is 1.83. The van der Waals surface area contributed by atoms with Crippen molar-refractivity contribution < 1.29 is 9.90 Å². The molecule has 3 N–H and O–H groups in total. The lowest BCUT2D eigenvalue weighted by molar-refractivity contribution is 0.0149. The first-order valence-electron chi connectivity index (χ1n) is 7.34. The van der Waals surface area contributed by atoms with E-state index in [1.54, 1.807) is 6.20 Å². The Morgan fingerprint density at radius 1 is 1.50 bits per heavy atom. The fourth-order valence-corrected chi connectivity index (χ4v) is 3.44. The molecule has 0 spiro atoms. The third kappa shape index (κ3) is 2.71. The molecule has 1 unspecified atom stereocenters. The molecule has 1 saturated heterocycles. The Balaban J connectivity index is 1.60. The van der Waals surface area contributed by atoms with Crippen molar-refractivity contribution >= 4 is 5.91 Å². The molecule has 2 aliphatic rings. The van der Waals surface area contributed by atoms with Gasteiger partial charge >= 0.3 is 0 Å². The average molecular weight is 278 g/mol. The summed E-state index contributed by atoms with van der Waals surface area (Å²) in [7, 11) is 0. The predicted octanol–water partition coefficient (Wildman–Crippen LogP) is 0.534. The molecule has 1 amide bonds. The largest absolute Gasteiger partial charge is 0.389 e. The molecule has 1 aliphatic heterocycles. The first-order chi connectivity index (χ1) is 9.56. The maximum absolute atomic E-state index is 11.1. The van der Waals surface area contributed by atoms with Crippen molar-refractivity contribution in [2.75, 3.05) is 19.6 Å². The monoisotopic (exact) mass is 278 g/mol. The van der Waals surface area contributed by atoms with Crippen molar-refractivity contribution in [2.45, 2.75) is 43.7 Å². The molecule has 6 heteroatoms. The minimum absolute atomic E-state index is 0.271. The van der Waals surface area contributed by atoms with E-state index in [2.05, 4.69) is 10.00 Å². The van der Waals surface area contributed by atoms with Crippen molar-refractivity contribution in [1.29, 1.82) is 0 Å². The van der Waals surface area contributed by atoms with E-state index in [-0.39, 0.29) is 6.04 Å². The highest BCUT2D eigenvalue weighted by Crippen LogP contribution is 2.32. The first kappa shape index (κ1) is 13.6. The molecular formula is C14H22N4O2. The summed E-state index contributed by atoms with van der Waals surface area (Å²) in [5.41, 5.74) is 5.21. The number of rotatable bonds is 4. The lowest BCUT2D eigenvalue weighted by Gasteiger charge is -2.28. The van der Waals surface area contributed by atoms with Gasteiger partial charge < -0.3 is 10.8 Å². The maximum atomic E-state index is 11.1. The number of aliphatic hydroxyl groups is 1. The average Bonchev–Trinajstić information content (AvgIpc) is 3.08. The maximum Gasteiger partial charge on any atom is 0.251 e. The van der Waals surface area contributed by atoms with Gasteiger partial charge in [-0.3, -0.25) is 14.4 Å².